The largest absolute Gasteiger partial charge is 0.489 e. The summed E-state index contributed by atoms with van der Waals surface area (Å²) in [6.45, 7) is 2.32. The predicted molar refractivity (Wildman–Crippen MR) is 80.3 cm³/mol. The zero-order chi connectivity index (χ0) is 13.8. The second-order valence-electron chi connectivity index (χ2n) is 4.23. The van der Waals surface area contributed by atoms with Gasteiger partial charge in [-0.15, -0.1) is 0 Å². The Labute approximate surface area is 125 Å². The topological polar surface area (TPSA) is 48.1 Å². The van der Waals surface area contributed by atoms with Crippen molar-refractivity contribution < 1.29 is 4.74 Å². The molecule has 0 aliphatic rings. The van der Waals surface area contributed by atoms with E-state index in [2.05, 4.69) is 20.9 Å². The number of pyridine rings is 1. The molecule has 2 N–H and O–H groups in total. The van der Waals surface area contributed by atoms with Gasteiger partial charge in [0.1, 0.15) is 12.4 Å². The molecule has 1 aromatic carbocycles. The Morgan fingerprint density at radius 2 is 2.21 bits per heavy atom. The molecule has 0 fully saturated rings. The Morgan fingerprint density at radius 3 is 2.89 bits per heavy atom. The van der Waals surface area contributed by atoms with Gasteiger partial charge in [-0.3, -0.25) is 4.98 Å². The minimum absolute atomic E-state index is 0.0968. The number of rotatable bonds is 4. The van der Waals surface area contributed by atoms with Gasteiger partial charge in [0.2, 0.25) is 0 Å². The Kier molecular flexibility index (Phi) is 4.80. The lowest BCUT2D eigenvalue weighted by Crippen LogP contribution is -2.08. The van der Waals surface area contributed by atoms with Crippen molar-refractivity contribution in [1.82, 2.24) is 4.98 Å². The SMILES string of the molecule is CC(N)c1cc(Br)ccc1OCc1ccncc1Cl. The third kappa shape index (κ3) is 3.69. The molecule has 0 aliphatic heterocycles. The molecule has 19 heavy (non-hydrogen) atoms. The molecule has 0 aliphatic carbocycles. The maximum Gasteiger partial charge on any atom is 0.124 e. The molecule has 2 rings (SSSR count). The van der Waals surface area contributed by atoms with E-state index in [1.807, 2.05) is 31.2 Å². The van der Waals surface area contributed by atoms with Gasteiger partial charge in [0.15, 0.2) is 0 Å². The van der Waals surface area contributed by atoms with Crippen LogP contribution in [0.1, 0.15) is 24.1 Å². The fraction of sp³-hybridized carbons (Fsp3) is 0.214. The summed E-state index contributed by atoms with van der Waals surface area (Å²) in [6, 6.07) is 7.54. The Hall–Kier alpha value is -1.10. The number of hydrogen-bond donors (Lipinski definition) is 1. The van der Waals surface area contributed by atoms with E-state index in [1.165, 1.54) is 0 Å². The molecular weight excluding hydrogens is 328 g/mol. The third-order valence-corrected chi connectivity index (χ3v) is 3.54. The fourth-order valence-electron chi connectivity index (χ4n) is 1.68. The maximum atomic E-state index is 6.04. The molecule has 1 aromatic heterocycles. The quantitative estimate of drug-likeness (QED) is 0.911. The van der Waals surface area contributed by atoms with E-state index in [-0.39, 0.29) is 6.04 Å². The first-order valence-corrected chi connectivity index (χ1v) is 7.01. The Balaban J connectivity index is 2.18. The Morgan fingerprint density at radius 1 is 1.42 bits per heavy atom. The van der Waals surface area contributed by atoms with Crippen LogP contribution in [0.25, 0.3) is 0 Å². The van der Waals surface area contributed by atoms with Gasteiger partial charge in [0.05, 0.1) is 5.02 Å². The molecular formula is C14H14BrClN2O. The number of benzene rings is 1. The summed E-state index contributed by atoms with van der Waals surface area (Å²) < 4.78 is 6.79. The number of nitrogens with two attached hydrogens (primary N) is 1. The summed E-state index contributed by atoms with van der Waals surface area (Å²) in [4.78, 5) is 3.94. The van der Waals surface area contributed by atoms with Crippen LogP contribution in [0.3, 0.4) is 0 Å². The average molecular weight is 342 g/mol. The second kappa shape index (κ2) is 6.37. The van der Waals surface area contributed by atoms with Gasteiger partial charge in [-0.2, -0.15) is 0 Å². The highest BCUT2D eigenvalue weighted by atomic mass is 79.9. The molecule has 5 heteroatoms. The standard InChI is InChI=1S/C14H14BrClN2O/c1-9(17)12-6-11(15)2-3-14(12)19-8-10-4-5-18-7-13(10)16/h2-7,9H,8,17H2,1H3. The van der Waals surface area contributed by atoms with Crippen LogP contribution in [0.15, 0.2) is 41.1 Å². The van der Waals surface area contributed by atoms with E-state index < -0.39 is 0 Å². The van der Waals surface area contributed by atoms with Crippen molar-refractivity contribution in [3.8, 4) is 5.75 Å². The van der Waals surface area contributed by atoms with Gasteiger partial charge in [-0.25, -0.2) is 0 Å². The van der Waals surface area contributed by atoms with Crippen molar-refractivity contribution in [1.29, 1.82) is 0 Å². The van der Waals surface area contributed by atoms with E-state index in [0.29, 0.717) is 11.6 Å². The lowest BCUT2D eigenvalue weighted by molar-refractivity contribution is 0.301. The molecule has 2 aromatic rings. The number of nitrogens with zero attached hydrogens (tertiary/aromatic N) is 1. The fourth-order valence-corrected chi connectivity index (χ4v) is 2.24. The van der Waals surface area contributed by atoms with Crippen LogP contribution in [0.5, 0.6) is 5.75 Å². The van der Waals surface area contributed by atoms with Crippen LogP contribution < -0.4 is 10.5 Å². The summed E-state index contributed by atoms with van der Waals surface area (Å²) >= 11 is 9.48. The van der Waals surface area contributed by atoms with Gasteiger partial charge >= 0.3 is 0 Å². The molecule has 1 atom stereocenters. The van der Waals surface area contributed by atoms with Gasteiger partial charge in [-0.1, -0.05) is 27.5 Å². The molecule has 0 spiro atoms. The van der Waals surface area contributed by atoms with Crippen molar-refractivity contribution in [3.63, 3.8) is 0 Å². The van der Waals surface area contributed by atoms with Crippen LogP contribution in [-0.2, 0) is 6.61 Å². The number of hydrogen-bond acceptors (Lipinski definition) is 3. The van der Waals surface area contributed by atoms with Crippen molar-refractivity contribution in [2.24, 2.45) is 5.73 Å². The minimum atomic E-state index is -0.0968. The minimum Gasteiger partial charge on any atom is -0.489 e. The summed E-state index contributed by atoms with van der Waals surface area (Å²) in [7, 11) is 0. The summed E-state index contributed by atoms with van der Waals surface area (Å²) in [6.07, 6.45) is 3.30. The van der Waals surface area contributed by atoms with E-state index in [9.17, 15) is 0 Å². The molecule has 3 nitrogen and oxygen atoms in total. The second-order valence-corrected chi connectivity index (χ2v) is 5.55. The number of aromatic nitrogens is 1. The highest BCUT2D eigenvalue weighted by molar-refractivity contribution is 9.10. The van der Waals surface area contributed by atoms with E-state index in [4.69, 9.17) is 22.1 Å². The summed E-state index contributed by atoms with van der Waals surface area (Å²) in [5.74, 6) is 0.770. The van der Waals surface area contributed by atoms with Crippen molar-refractivity contribution >= 4 is 27.5 Å². The molecule has 0 bridgehead atoms. The zero-order valence-electron chi connectivity index (χ0n) is 10.4. The van der Waals surface area contributed by atoms with E-state index in [0.717, 1.165) is 21.3 Å². The lowest BCUT2D eigenvalue weighted by Gasteiger charge is -2.15. The highest BCUT2D eigenvalue weighted by Crippen LogP contribution is 2.28. The zero-order valence-corrected chi connectivity index (χ0v) is 12.8. The van der Waals surface area contributed by atoms with Crippen LogP contribution in [-0.4, -0.2) is 4.98 Å². The van der Waals surface area contributed by atoms with Crippen molar-refractivity contribution in [2.45, 2.75) is 19.6 Å². The smallest absolute Gasteiger partial charge is 0.124 e. The molecule has 0 radical (unpaired) electrons. The average Bonchev–Trinajstić information content (AvgIpc) is 2.38. The first-order chi connectivity index (χ1) is 9.08. The monoisotopic (exact) mass is 340 g/mol. The molecule has 0 saturated heterocycles. The summed E-state index contributed by atoms with van der Waals surface area (Å²) in [5, 5.41) is 0.599. The van der Waals surface area contributed by atoms with Gasteiger partial charge in [-0.05, 0) is 31.2 Å². The first-order valence-electron chi connectivity index (χ1n) is 5.84. The normalized spacial score (nSPS) is 12.2. The van der Waals surface area contributed by atoms with Crippen molar-refractivity contribution in [2.75, 3.05) is 0 Å². The molecule has 0 saturated carbocycles. The van der Waals surface area contributed by atoms with Crippen molar-refractivity contribution in [3.05, 3.63) is 57.3 Å². The number of halogens is 2. The molecule has 0 amide bonds. The van der Waals surface area contributed by atoms with Gasteiger partial charge in [0, 0.05) is 34.0 Å². The Bertz CT molecular complexity index is 575. The van der Waals surface area contributed by atoms with E-state index >= 15 is 0 Å². The van der Waals surface area contributed by atoms with Gasteiger partial charge in [0.25, 0.3) is 0 Å². The third-order valence-electron chi connectivity index (χ3n) is 2.70. The molecule has 1 unspecified atom stereocenters. The number of ether oxygens (including phenoxy) is 1. The first kappa shape index (κ1) is 14.3. The van der Waals surface area contributed by atoms with Crippen LogP contribution in [0.2, 0.25) is 5.02 Å². The van der Waals surface area contributed by atoms with Gasteiger partial charge < -0.3 is 10.5 Å². The lowest BCUT2D eigenvalue weighted by atomic mass is 10.1. The van der Waals surface area contributed by atoms with E-state index in [1.54, 1.807) is 12.4 Å². The maximum absolute atomic E-state index is 6.04. The molecule has 100 valence electrons. The molecule has 1 heterocycles. The predicted octanol–water partition coefficient (Wildman–Crippen LogP) is 4.10. The van der Waals surface area contributed by atoms with Crippen LogP contribution >= 0.6 is 27.5 Å². The summed E-state index contributed by atoms with van der Waals surface area (Å²) in [5.41, 5.74) is 7.80. The highest BCUT2D eigenvalue weighted by Gasteiger charge is 2.10. The van der Waals surface area contributed by atoms with Crippen LogP contribution in [0, 0.1) is 0 Å². The van der Waals surface area contributed by atoms with Crippen LogP contribution in [0.4, 0.5) is 0 Å².